The molecule has 0 heterocycles. The Hall–Kier alpha value is -0.770. The SMILES string of the molecule is CCCC(CCC)NCCCN(C(=O)OC(C)(C)C)C1CC1. The van der Waals surface area contributed by atoms with Crippen molar-refractivity contribution in [2.24, 2.45) is 0 Å². The number of nitrogens with zero attached hydrogens (tertiary/aromatic N) is 1. The fourth-order valence-electron chi connectivity index (χ4n) is 2.73. The van der Waals surface area contributed by atoms with Crippen LogP contribution in [0.15, 0.2) is 0 Å². The minimum Gasteiger partial charge on any atom is -0.444 e. The summed E-state index contributed by atoms with van der Waals surface area (Å²) in [6.07, 6.45) is 8.04. The van der Waals surface area contributed by atoms with E-state index >= 15 is 0 Å². The summed E-state index contributed by atoms with van der Waals surface area (Å²) in [5.74, 6) is 0. The first kappa shape index (κ1) is 19.3. The van der Waals surface area contributed by atoms with E-state index in [9.17, 15) is 4.79 Å². The number of rotatable bonds is 10. The maximum Gasteiger partial charge on any atom is 0.410 e. The third kappa shape index (κ3) is 8.02. The van der Waals surface area contributed by atoms with Crippen LogP contribution in [0.4, 0.5) is 4.79 Å². The molecule has 0 saturated heterocycles. The third-order valence-electron chi connectivity index (χ3n) is 3.90. The maximum absolute atomic E-state index is 12.3. The smallest absolute Gasteiger partial charge is 0.410 e. The highest BCUT2D eigenvalue weighted by Crippen LogP contribution is 2.28. The standard InChI is InChI=1S/C18H36N2O2/c1-6-9-15(10-7-2)19-13-8-14-20(16-11-12-16)17(21)22-18(3,4)5/h15-16,19H,6-14H2,1-5H3. The molecule has 0 atom stereocenters. The van der Waals surface area contributed by atoms with Crippen LogP contribution in [0.3, 0.4) is 0 Å². The number of hydrogen-bond donors (Lipinski definition) is 1. The Morgan fingerprint density at radius 2 is 1.82 bits per heavy atom. The molecule has 1 N–H and O–H groups in total. The summed E-state index contributed by atoms with van der Waals surface area (Å²) in [6.45, 7) is 12.0. The van der Waals surface area contributed by atoms with Gasteiger partial charge in [0.05, 0.1) is 0 Å². The molecule has 4 nitrogen and oxygen atoms in total. The first-order valence-corrected chi connectivity index (χ1v) is 9.10. The topological polar surface area (TPSA) is 41.6 Å². The van der Waals surface area contributed by atoms with Crippen molar-refractivity contribution in [1.29, 1.82) is 0 Å². The molecular weight excluding hydrogens is 276 g/mol. The fourth-order valence-corrected chi connectivity index (χ4v) is 2.73. The van der Waals surface area contributed by atoms with Crippen LogP contribution in [-0.2, 0) is 4.74 Å². The minimum absolute atomic E-state index is 0.145. The van der Waals surface area contributed by atoms with Gasteiger partial charge in [-0.3, -0.25) is 0 Å². The molecule has 1 rings (SSSR count). The van der Waals surface area contributed by atoms with E-state index in [1.807, 2.05) is 25.7 Å². The second kappa shape index (κ2) is 9.39. The lowest BCUT2D eigenvalue weighted by Gasteiger charge is -2.27. The Bertz CT molecular complexity index is 316. The van der Waals surface area contributed by atoms with Gasteiger partial charge in [-0.2, -0.15) is 0 Å². The lowest BCUT2D eigenvalue weighted by Crippen LogP contribution is -2.40. The van der Waals surface area contributed by atoms with E-state index in [2.05, 4.69) is 19.2 Å². The number of hydrogen-bond acceptors (Lipinski definition) is 3. The zero-order valence-electron chi connectivity index (χ0n) is 15.3. The molecular formula is C18H36N2O2. The molecule has 1 fully saturated rings. The van der Waals surface area contributed by atoms with E-state index in [1.54, 1.807) is 0 Å². The fraction of sp³-hybridized carbons (Fsp3) is 0.944. The summed E-state index contributed by atoms with van der Waals surface area (Å²) in [4.78, 5) is 14.2. The highest BCUT2D eigenvalue weighted by atomic mass is 16.6. The second-order valence-electron chi connectivity index (χ2n) is 7.49. The van der Waals surface area contributed by atoms with Gasteiger partial charge in [0.1, 0.15) is 5.60 Å². The van der Waals surface area contributed by atoms with Crippen LogP contribution in [0.5, 0.6) is 0 Å². The van der Waals surface area contributed by atoms with Crippen LogP contribution in [0.25, 0.3) is 0 Å². The molecule has 1 saturated carbocycles. The molecule has 1 amide bonds. The van der Waals surface area contributed by atoms with Crippen LogP contribution in [0, 0.1) is 0 Å². The number of nitrogens with one attached hydrogen (secondary N) is 1. The van der Waals surface area contributed by atoms with Gasteiger partial charge >= 0.3 is 6.09 Å². The number of ether oxygens (including phenoxy) is 1. The van der Waals surface area contributed by atoms with E-state index in [4.69, 9.17) is 4.74 Å². The van der Waals surface area contributed by atoms with Gasteiger partial charge in [-0.1, -0.05) is 26.7 Å². The summed E-state index contributed by atoms with van der Waals surface area (Å²) in [7, 11) is 0. The van der Waals surface area contributed by atoms with Crippen LogP contribution < -0.4 is 5.32 Å². The normalized spacial score (nSPS) is 15.2. The van der Waals surface area contributed by atoms with Crippen molar-refractivity contribution in [2.45, 2.75) is 97.2 Å². The lowest BCUT2D eigenvalue weighted by atomic mass is 10.1. The predicted molar refractivity (Wildman–Crippen MR) is 92.2 cm³/mol. The van der Waals surface area contributed by atoms with Gasteiger partial charge in [0.2, 0.25) is 0 Å². The van der Waals surface area contributed by atoms with Crippen molar-refractivity contribution in [2.75, 3.05) is 13.1 Å². The third-order valence-corrected chi connectivity index (χ3v) is 3.90. The van der Waals surface area contributed by atoms with Crippen molar-refractivity contribution < 1.29 is 9.53 Å². The number of carbonyl (C=O) groups is 1. The molecule has 1 aliphatic carbocycles. The lowest BCUT2D eigenvalue weighted by molar-refractivity contribution is 0.0231. The van der Waals surface area contributed by atoms with E-state index in [0.717, 1.165) is 32.4 Å². The highest BCUT2D eigenvalue weighted by Gasteiger charge is 2.34. The largest absolute Gasteiger partial charge is 0.444 e. The van der Waals surface area contributed by atoms with Gasteiger partial charge in [-0.15, -0.1) is 0 Å². The summed E-state index contributed by atoms with van der Waals surface area (Å²) in [5.41, 5.74) is -0.407. The summed E-state index contributed by atoms with van der Waals surface area (Å²) in [6, 6.07) is 1.04. The predicted octanol–water partition coefficient (Wildman–Crippen LogP) is 4.33. The van der Waals surface area contributed by atoms with Gasteiger partial charge in [0.15, 0.2) is 0 Å². The summed E-state index contributed by atoms with van der Waals surface area (Å²) >= 11 is 0. The Balaban J connectivity index is 2.31. The molecule has 0 spiro atoms. The molecule has 0 aromatic heterocycles. The van der Waals surface area contributed by atoms with Crippen molar-refractivity contribution in [3.8, 4) is 0 Å². The maximum atomic E-state index is 12.3. The van der Waals surface area contributed by atoms with Crippen LogP contribution in [-0.4, -0.2) is 41.8 Å². The van der Waals surface area contributed by atoms with E-state index < -0.39 is 5.60 Å². The molecule has 4 heteroatoms. The Morgan fingerprint density at radius 1 is 1.23 bits per heavy atom. The van der Waals surface area contributed by atoms with Gasteiger partial charge in [0.25, 0.3) is 0 Å². The van der Waals surface area contributed by atoms with Gasteiger partial charge < -0.3 is 15.0 Å². The molecule has 22 heavy (non-hydrogen) atoms. The Morgan fingerprint density at radius 3 is 2.27 bits per heavy atom. The van der Waals surface area contributed by atoms with E-state index in [-0.39, 0.29) is 6.09 Å². The van der Waals surface area contributed by atoms with Crippen molar-refractivity contribution >= 4 is 6.09 Å². The van der Waals surface area contributed by atoms with Crippen molar-refractivity contribution in [3.63, 3.8) is 0 Å². The van der Waals surface area contributed by atoms with Crippen molar-refractivity contribution in [1.82, 2.24) is 10.2 Å². The first-order valence-electron chi connectivity index (χ1n) is 9.10. The molecule has 0 aliphatic heterocycles. The monoisotopic (exact) mass is 312 g/mol. The number of amides is 1. The average Bonchev–Trinajstić information content (AvgIpc) is 3.21. The Labute approximate surface area is 137 Å². The highest BCUT2D eigenvalue weighted by molar-refractivity contribution is 5.69. The Kier molecular flexibility index (Phi) is 8.23. The molecule has 130 valence electrons. The molecule has 0 radical (unpaired) electrons. The van der Waals surface area contributed by atoms with Crippen LogP contribution in [0.2, 0.25) is 0 Å². The quantitative estimate of drug-likeness (QED) is 0.610. The van der Waals surface area contributed by atoms with Crippen molar-refractivity contribution in [3.05, 3.63) is 0 Å². The molecule has 1 aliphatic rings. The van der Waals surface area contributed by atoms with Crippen LogP contribution in [0.1, 0.15) is 79.6 Å². The van der Waals surface area contributed by atoms with E-state index in [1.165, 1.54) is 25.7 Å². The zero-order valence-corrected chi connectivity index (χ0v) is 15.3. The minimum atomic E-state index is -0.407. The summed E-state index contributed by atoms with van der Waals surface area (Å²) in [5, 5.41) is 3.64. The van der Waals surface area contributed by atoms with E-state index in [0.29, 0.717) is 12.1 Å². The zero-order chi connectivity index (χ0) is 16.6. The molecule has 0 bridgehead atoms. The first-order chi connectivity index (χ1) is 10.4. The van der Waals surface area contributed by atoms with Gasteiger partial charge in [-0.05, 0) is 59.4 Å². The second-order valence-corrected chi connectivity index (χ2v) is 7.49. The summed E-state index contributed by atoms with van der Waals surface area (Å²) < 4.78 is 5.52. The molecule has 0 aromatic rings. The molecule has 0 unspecified atom stereocenters. The van der Waals surface area contributed by atoms with Gasteiger partial charge in [-0.25, -0.2) is 4.79 Å². The van der Waals surface area contributed by atoms with Crippen LogP contribution >= 0.6 is 0 Å². The number of carbonyl (C=O) groups excluding carboxylic acids is 1. The average molecular weight is 312 g/mol. The molecule has 0 aromatic carbocycles. The van der Waals surface area contributed by atoms with Gasteiger partial charge in [0, 0.05) is 18.6 Å².